The highest BCUT2D eigenvalue weighted by molar-refractivity contribution is 5.82. The fourth-order valence-electron chi connectivity index (χ4n) is 3.70. The first-order valence-corrected chi connectivity index (χ1v) is 10.3. The van der Waals surface area contributed by atoms with E-state index in [4.69, 9.17) is 9.15 Å². The maximum Gasteiger partial charge on any atom is 0.336 e. The van der Waals surface area contributed by atoms with Gasteiger partial charge in [-0.15, -0.1) is 0 Å². The van der Waals surface area contributed by atoms with Gasteiger partial charge >= 0.3 is 11.6 Å². The number of hydrogen-bond donors (Lipinski definition) is 1. The maximum absolute atomic E-state index is 12.6. The highest BCUT2D eigenvalue weighted by Gasteiger charge is 2.19. The van der Waals surface area contributed by atoms with Crippen molar-refractivity contribution in [3.8, 4) is 0 Å². The summed E-state index contributed by atoms with van der Waals surface area (Å²) in [6.45, 7) is 7.53. The molecule has 3 aromatic rings. The number of benzene rings is 2. The lowest BCUT2D eigenvalue weighted by Gasteiger charge is -2.18. The third kappa shape index (κ3) is 5.60. The van der Waals surface area contributed by atoms with Crippen LogP contribution in [0.1, 0.15) is 61.4 Å². The van der Waals surface area contributed by atoms with Crippen LogP contribution in [0.4, 0.5) is 0 Å². The highest BCUT2D eigenvalue weighted by atomic mass is 16.5. The van der Waals surface area contributed by atoms with Gasteiger partial charge < -0.3 is 14.5 Å². The van der Waals surface area contributed by atoms with Crippen molar-refractivity contribution < 1.29 is 18.7 Å². The molecule has 31 heavy (non-hydrogen) atoms. The molecule has 162 valence electrons. The molecule has 0 saturated heterocycles. The number of esters is 1. The van der Waals surface area contributed by atoms with Gasteiger partial charge in [0.15, 0.2) is 0 Å². The van der Waals surface area contributed by atoms with Crippen molar-refractivity contribution >= 4 is 22.8 Å². The Balaban J connectivity index is 1.81. The van der Waals surface area contributed by atoms with Crippen molar-refractivity contribution in [2.24, 2.45) is 0 Å². The molecule has 1 aromatic heterocycles. The van der Waals surface area contributed by atoms with Gasteiger partial charge in [-0.05, 0) is 41.7 Å². The SMILES string of the molecule is CC(=O)N[C@H](CC(=O)OCc1cc(=O)oc2cc(C)c(C(C)C)cc12)c1ccccc1. The second-order valence-electron chi connectivity index (χ2n) is 7.98. The summed E-state index contributed by atoms with van der Waals surface area (Å²) in [6, 6.07) is 14.0. The van der Waals surface area contributed by atoms with Gasteiger partial charge in [-0.25, -0.2) is 4.79 Å². The van der Waals surface area contributed by atoms with Crippen LogP contribution in [-0.2, 0) is 20.9 Å². The Labute approximate surface area is 181 Å². The molecule has 6 nitrogen and oxygen atoms in total. The van der Waals surface area contributed by atoms with Crippen LogP contribution in [0.5, 0.6) is 0 Å². The first kappa shape index (κ1) is 22.3. The molecule has 0 aliphatic rings. The molecule has 0 saturated carbocycles. The normalized spacial score (nSPS) is 12.0. The van der Waals surface area contributed by atoms with Crippen LogP contribution in [0.15, 0.2) is 57.7 Å². The summed E-state index contributed by atoms with van der Waals surface area (Å²) < 4.78 is 10.8. The number of fused-ring (bicyclic) bond motifs is 1. The monoisotopic (exact) mass is 421 g/mol. The Bertz CT molecular complexity index is 1150. The molecule has 0 spiro atoms. The summed E-state index contributed by atoms with van der Waals surface area (Å²) in [4.78, 5) is 36.1. The zero-order valence-electron chi connectivity index (χ0n) is 18.2. The van der Waals surface area contributed by atoms with Crippen molar-refractivity contribution in [2.75, 3.05) is 0 Å². The van der Waals surface area contributed by atoms with Crippen LogP contribution in [-0.4, -0.2) is 11.9 Å². The van der Waals surface area contributed by atoms with E-state index in [1.54, 1.807) is 0 Å². The second-order valence-corrected chi connectivity index (χ2v) is 7.98. The summed E-state index contributed by atoms with van der Waals surface area (Å²) in [5, 5.41) is 3.54. The molecule has 1 heterocycles. The number of carbonyl (C=O) groups excluding carboxylic acids is 2. The van der Waals surface area contributed by atoms with E-state index < -0.39 is 17.6 Å². The molecule has 0 fully saturated rings. The minimum Gasteiger partial charge on any atom is -0.461 e. The van der Waals surface area contributed by atoms with Gasteiger partial charge in [0, 0.05) is 23.9 Å². The van der Waals surface area contributed by atoms with E-state index in [0.29, 0.717) is 17.1 Å². The summed E-state index contributed by atoms with van der Waals surface area (Å²) in [6.07, 6.45) is -0.0146. The standard InChI is InChI=1S/C25H27NO5/c1-15(2)20-12-21-19(11-25(29)31-23(21)10-16(20)3)14-30-24(28)13-22(26-17(4)27)18-8-6-5-7-9-18/h5-12,15,22H,13-14H2,1-4H3,(H,26,27)/t22-/m1/s1. The molecule has 0 aliphatic carbocycles. The average molecular weight is 421 g/mol. The van der Waals surface area contributed by atoms with E-state index in [2.05, 4.69) is 19.2 Å². The third-order valence-electron chi connectivity index (χ3n) is 5.18. The molecular formula is C25H27NO5. The lowest BCUT2D eigenvalue weighted by Crippen LogP contribution is -2.28. The Morgan fingerprint density at radius 1 is 1.10 bits per heavy atom. The van der Waals surface area contributed by atoms with E-state index in [1.807, 2.05) is 49.4 Å². The van der Waals surface area contributed by atoms with E-state index in [1.165, 1.54) is 13.0 Å². The van der Waals surface area contributed by atoms with Gasteiger partial charge in [0.2, 0.25) is 5.91 Å². The van der Waals surface area contributed by atoms with Gasteiger partial charge in [-0.2, -0.15) is 0 Å². The lowest BCUT2D eigenvalue weighted by molar-refractivity contribution is -0.145. The molecule has 2 aromatic carbocycles. The van der Waals surface area contributed by atoms with Crippen LogP contribution < -0.4 is 10.9 Å². The second kappa shape index (κ2) is 9.60. The molecule has 0 aliphatic heterocycles. The fraction of sp³-hybridized carbons (Fsp3) is 0.320. The maximum atomic E-state index is 12.6. The number of hydrogen-bond acceptors (Lipinski definition) is 5. The summed E-state index contributed by atoms with van der Waals surface area (Å²) in [5.74, 6) is -0.402. The van der Waals surface area contributed by atoms with Crippen LogP contribution >= 0.6 is 0 Å². The van der Waals surface area contributed by atoms with Crippen molar-refractivity contribution in [2.45, 2.75) is 52.7 Å². The zero-order valence-corrected chi connectivity index (χ0v) is 18.2. The summed E-state index contributed by atoms with van der Waals surface area (Å²) >= 11 is 0. The predicted molar refractivity (Wildman–Crippen MR) is 119 cm³/mol. The molecule has 3 rings (SSSR count). The number of aryl methyl sites for hydroxylation is 1. The molecule has 0 bridgehead atoms. The number of rotatable bonds is 7. The zero-order chi connectivity index (χ0) is 22.5. The smallest absolute Gasteiger partial charge is 0.336 e. The van der Waals surface area contributed by atoms with Gasteiger partial charge in [-0.3, -0.25) is 9.59 Å². The van der Waals surface area contributed by atoms with Crippen LogP contribution in [0.2, 0.25) is 0 Å². The van der Waals surface area contributed by atoms with Gasteiger partial charge in [-0.1, -0.05) is 44.2 Å². The van der Waals surface area contributed by atoms with Gasteiger partial charge in [0.25, 0.3) is 0 Å². The Morgan fingerprint density at radius 3 is 2.45 bits per heavy atom. The third-order valence-corrected chi connectivity index (χ3v) is 5.18. The predicted octanol–water partition coefficient (Wildman–Crippen LogP) is 4.54. The van der Waals surface area contributed by atoms with E-state index >= 15 is 0 Å². The molecule has 1 amide bonds. The van der Waals surface area contributed by atoms with Crippen molar-refractivity contribution in [3.63, 3.8) is 0 Å². The number of ether oxygens (including phenoxy) is 1. The van der Waals surface area contributed by atoms with E-state index in [9.17, 15) is 14.4 Å². The topological polar surface area (TPSA) is 85.6 Å². The van der Waals surface area contributed by atoms with Crippen LogP contribution in [0.25, 0.3) is 11.0 Å². The molecule has 1 atom stereocenters. The Hall–Kier alpha value is -3.41. The highest BCUT2D eigenvalue weighted by Crippen LogP contribution is 2.27. The van der Waals surface area contributed by atoms with Gasteiger partial charge in [0.05, 0.1) is 12.5 Å². The minimum atomic E-state index is -0.490. The van der Waals surface area contributed by atoms with Crippen molar-refractivity contribution in [1.82, 2.24) is 5.32 Å². The molecule has 1 N–H and O–H groups in total. The molecule has 0 unspecified atom stereocenters. The van der Waals surface area contributed by atoms with Gasteiger partial charge in [0.1, 0.15) is 12.2 Å². The first-order valence-electron chi connectivity index (χ1n) is 10.3. The number of nitrogens with one attached hydrogen (secondary N) is 1. The molecule has 6 heteroatoms. The fourth-order valence-corrected chi connectivity index (χ4v) is 3.70. The molecule has 0 radical (unpaired) electrons. The van der Waals surface area contributed by atoms with Crippen molar-refractivity contribution in [1.29, 1.82) is 0 Å². The first-order chi connectivity index (χ1) is 14.7. The number of carbonyl (C=O) groups is 2. The van der Waals surface area contributed by atoms with Crippen molar-refractivity contribution in [3.05, 3.63) is 81.2 Å². The van der Waals surface area contributed by atoms with E-state index in [0.717, 1.165) is 22.1 Å². The average Bonchev–Trinajstić information content (AvgIpc) is 2.71. The quantitative estimate of drug-likeness (QED) is 0.447. The van der Waals surface area contributed by atoms with E-state index in [-0.39, 0.29) is 18.9 Å². The largest absolute Gasteiger partial charge is 0.461 e. The molecular weight excluding hydrogens is 394 g/mol. The Kier molecular flexibility index (Phi) is 6.90. The summed E-state index contributed by atoms with van der Waals surface area (Å²) in [7, 11) is 0. The lowest BCUT2D eigenvalue weighted by atomic mass is 9.95. The van der Waals surface area contributed by atoms with Crippen LogP contribution in [0, 0.1) is 6.92 Å². The number of amides is 1. The minimum absolute atomic E-state index is 0.0146. The summed E-state index contributed by atoms with van der Waals surface area (Å²) in [5.41, 5.74) is 3.58. The Morgan fingerprint density at radius 2 is 1.81 bits per heavy atom. The van der Waals surface area contributed by atoms with Crippen LogP contribution in [0.3, 0.4) is 0 Å².